The molecule has 0 bridgehead atoms. The van der Waals surface area contributed by atoms with Crippen LogP contribution in [0.3, 0.4) is 0 Å². The highest BCUT2D eigenvalue weighted by atomic mass is 32.1. The molecule has 0 atom stereocenters. The van der Waals surface area contributed by atoms with E-state index < -0.39 is 0 Å². The average Bonchev–Trinajstić information content (AvgIpc) is 3.24. The lowest BCUT2D eigenvalue weighted by Crippen LogP contribution is -2.36. The van der Waals surface area contributed by atoms with Gasteiger partial charge in [-0.15, -0.1) is 21.5 Å². The SMILES string of the molecule is CCNC(=NCc1nnc2ccccn12)NCc1ccc(CC)s1. The largest absolute Gasteiger partial charge is 0.357 e. The molecule has 0 aliphatic carbocycles. The first-order chi connectivity index (χ1) is 11.8. The van der Waals surface area contributed by atoms with Crippen LogP contribution in [0.25, 0.3) is 5.65 Å². The summed E-state index contributed by atoms with van der Waals surface area (Å²) in [6, 6.07) is 10.2. The third kappa shape index (κ3) is 3.91. The van der Waals surface area contributed by atoms with Gasteiger partial charge >= 0.3 is 0 Å². The highest BCUT2D eigenvalue weighted by Gasteiger charge is 2.05. The van der Waals surface area contributed by atoms with Gasteiger partial charge in [-0.05, 0) is 37.6 Å². The van der Waals surface area contributed by atoms with Gasteiger partial charge in [0.1, 0.15) is 6.54 Å². The number of aliphatic imine (C=N–C) groups is 1. The standard InChI is InChI=1S/C17H22N6S/c1-3-13-8-9-14(24-13)11-19-17(18-4-2)20-12-16-22-21-15-7-5-6-10-23(15)16/h5-10H,3-4,11-12H2,1-2H3,(H2,18,19,20). The molecule has 7 heteroatoms. The molecule has 0 amide bonds. The fourth-order valence-electron chi connectivity index (χ4n) is 2.37. The molecule has 0 aliphatic heterocycles. The van der Waals surface area contributed by atoms with Gasteiger partial charge in [-0.1, -0.05) is 13.0 Å². The molecule has 2 N–H and O–H groups in total. The van der Waals surface area contributed by atoms with E-state index >= 15 is 0 Å². The van der Waals surface area contributed by atoms with E-state index in [1.807, 2.05) is 40.1 Å². The maximum atomic E-state index is 4.62. The highest BCUT2D eigenvalue weighted by molar-refractivity contribution is 7.11. The van der Waals surface area contributed by atoms with E-state index in [4.69, 9.17) is 0 Å². The number of nitrogens with one attached hydrogen (secondary N) is 2. The molecule has 3 aromatic heterocycles. The fraction of sp³-hybridized carbons (Fsp3) is 0.353. The van der Waals surface area contributed by atoms with Crippen LogP contribution in [-0.2, 0) is 19.5 Å². The maximum absolute atomic E-state index is 4.62. The zero-order valence-corrected chi connectivity index (χ0v) is 14.8. The minimum absolute atomic E-state index is 0.477. The van der Waals surface area contributed by atoms with Crippen LogP contribution in [0.4, 0.5) is 0 Å². The van der Waals surface area contributed by atoms with Crippen LogP contribution in [0.5, 0.6) is 0 Å². The molecule has 0 radical (unpaired) electrons. The first-order valence-corrected chi connectivity index (χ1v) is 9.00. The summed E-state index contributed by atoms with van der Waals surface area (Å²) < 4.78 is 1.96. The lowest BCUT2D eigenvalue weighted by atomic mass is 10.4. The first-order valence-electron chi connectivity index (χ1n) is 8.18. The Morgan fingerprint density at radius 2 is 2.00 bits per heavy atom. The number of pyridine rings is 1. The zero-order chi connectivity index (χ0) is 16.8. The van der Waals surface area contributed by atoms with Crippen molar-refractivity contribution < 1.29 is 0 Å². The Balaban J connectivity index is 1.66. The van der Waals surface area contributed by atoms with Crippen LogP contribution >= 0.6 is 11.3 Å². The van der Waals surface area contributed by atoms with E-state index in [1.165, 1.54) is 9.75 Å². The van der Waals surface area contributed by atoms with Gasteiger partial charge in [0.05, 0.1) is 6.54 Å². The Kier molecular flexibility index (Phi) is 5.43. The monoisotopic (exact) mass is 342 g/mol. The normalized spacial score (nSPS) is 11.8. The van der Waals surface area contributed by atoms with E-state index in [-0.39, 0.29) is 0 Å². The van der Waals surface area contributed by atoms with E-state index in [2.05, 4.69) is 51.8 Å². The van der Waals surface area contributed by atoms with Gasteiger partial charge < -0.3 is 10.6 Å². The van der Waals surface area contributed by atoms with Crippen LogP contribution in [0.2, 0.25) is 0 Å². The zero-order valence-electron chi connectivity index (χ0n) is 14.0. The molecule has 0 fully saturated rings. The van der Waals surface area contributed by atoms with Gasteiger partial charge in [0.15, 0.2) is 17.4 Å². The van der Waals surface area contributed by atoms with Crippen LogP contribution in [0.15, 0.2) is 41.5 Å². The number of hydrogen-bond acceptors (Lipinski definition) is 4. The summed E-state index contributed by atoms with van der Waals surface area (Å²) in [7, 11) is 0. The number of nitrogens with zero attached hydrogens (tertiary/aromatic N) is 4. The Morgan fingerprint density at radius 1 is 1.12 bits per heavy atom. The summed E-state index contributed by atoms with van der Waals surface area (Å²) in [4.78, 5) is 7.34. The molecule has 126 valence electrons. The number of aromatic nitrogens is 3. The third-order valence-electron chi connectivity index (χ3n) is 3.60. The van der Waals surface area contributed by atoms with Crippen molar-refractivity contribution in [2.45, 2.75) is 33.4 Å². The van der Waals surface area contributed by atoms with Crippen LogP contribution in [-0.4, -0.2) is 27.1 Å². The second-order valence-electron chi connectivity index (χ2n) is 5.32. The molecule has 0 saturated heterocycles. The molecule has 3 rings (SSSR count). The van der Waals surface area contributed by atoms with Crippen molar-refractivity contribution >= 4 is 22.9 Å². The van der Waals surface area contributed by atoms with Gasteiger partial charge in [0, 0.05) is 22.5 Å². The molecule has 0 unspecified atom stereocenters. The molecule has 3 heterocycles. The van der Waals surface area contributed by atoms with Gasteiger partial charge in [0.25, 0.3) is 0 Å². The van der Waals surface area contributed by atoms with E-state index in [9.17, 15) is 0 Å². The average molecular weight is 342 g/mol. The lowest BCUT2D eigenvalue weighted by Gasteiger charge is -2.10. The molecule has 0 aliphatic rings. The van der Waals surface area contributed by atoms with E-state index in [0.717, 1.165) is 36.9 Å². The molecule has 6 nitrogen and oxygen atoms in total. The number of rotatable bonds is 6. The summed E-state index contributed by atoms with van der Waals surface area (Å²) in [6.07, 6.45) is 3.04. The van der Waals surface area contributed by atoms with Crippen molar-refractivity contribution in [3.63, 3.8) is 0 Å². The molecule has 0 aromatic carbocycles. The molecule has 3 aromatic rings. The second kappa shape index (κ2) is 7.92. The van der Waals surface area contributed by atoms with Crippen molar-refractivity contribution in [3.05, 3.63) is 52.1 Å². The summed E-state index contributed by atoms with van der Waals surface area (Å²) in [5, 5.41) is 15.0. The number of aryl methyl sites for hydroxylation is 1. The van der Waals surface area contributed by atoms with Gasteiger partial charge in [-0.25, -0.2) is 4.99 Å². The van der Waals surface area contributed by atoms with Crippen molar-refractivity contribution in [1.29, 1.82) is 0 Å². The molecule has 24 heavy (non-hydrogen) atoms. The third-order valence-corrected chi connectivity index (χ3v) is 4.83. The van der Waals surface area contributed by atoms with Crippen molar-refractivity contribution in [1.82, 2.24) is 25.2 Å². The van der Waals surface area contributed by atoms with Crippen LogP contribution in [0.1, 0.15) is 29.4 Å². The minimum atomic E-state index is 0.477. The quantitative estimate of drug-likeness (QED) is 0.534. The number of hydrogen-bond donors (Lipinski definition) is 2. The second-order valence-corrected chi connectivity index (χ2v) is 6.57. The molecule has 0 saturated carbocycles. The predicted octanol–water partition coefficient (Wildman–Crippen LogP) is 2.61. The first kappa shape index (κ1) is 16.4. The fourth-order valence-corrected chi connectivity index (χ4v) is 3.27. The Labute approximate surface area is 145 Å². The minimum Gasteiger partial charge on any atom is -0.357 e. The maximum Gasteiger partial charge on any atom is 0.191 e. The van der Waals surface area contributed by atoms with E-state index in [0.29, 0.717) is 6.54 Å². The summed E-state index contributed by atoms with van der Waals surface area (Å²) in [5.74, 6) is 1.61. The van der Waals surface area contributed by atoms with Crippen LogP contribution in [0, 0.1) is 0 Å². The number of thiophene rings is 1. The lowest BCUT2D eigenvalue weighted by molar-refractivity contribution is 0.804. The predicted molar refractivity (Wildman–Crippen MR) is 98.3 cm³/mol. The summed E-state index contributed by atoms with van der Waals surface area (Å²) in [5.41, 5.74) is 0.839. The molecule has 0 spiro atoms. The Morgan fingerprint density at radius 3 is 2.79 bits per heavy atom. The molecular weight excluding hydrogens is 320 g/mol. The van der Waals surface area contributed by atoms with Crippen molar-refractivity contribution in [3.8, 4) is 0 Å². The smallest absolute Gasteiger partial charge is 0.191 e. The topological polar surface area (TPSA) is 66.6 Å². The van der Waals surface area contributed by atoms with Crippen molar-refractivity contribution in [2.75, 3.05) is 6.54 Å². The van der Waals surface area contributed by atoms with Gasteiger partial charge in [-0.3, -0.25) is 4.40 Å². The number of guanidine groups is 1. The Bertz CT molecular complexity index is 819. The molecular formula is C17H22N6S. The highest BCUT2D eigenvalue weighted by Crippen LogP contribution is 2.16. The summed E-state index contributed by atoms with van der Waals surface area (Å²) in [6.45, 7) is 6.31. The summed E-state index contributed by atoms with van der Waals surface area (Å²) >= 11 is 1.84. The van der Waals surface area contributed by atoms with Crippen LogP contribution < -0.4 is 10.6 Å². The van der Waals surface area contributed by atoms with E-state index in [1.54, 1.807) is 0 Å². The number of fused-ring (bicyclic) bond motifs is 1. The Hall–Kier alpha value is -2.41. The van der Waals surface area contributed by atoms with Gasteiger partial charge in [0.2, 0.25) is 0 Å². The van der Waals surface area contributed by atoms with Crippen molar-refractivity contribution in [2.24, 2.45) is 4.99 Å². The van der Waals surface area contributed by atoms with Gasteiger partial charge in [-0.2, -0.15) is 0 Å².